The Hall–Kier alpha value is -1.84. The van der Waals surface area contributed by atoms with Gasteiger partial charge >= 0.3 is 0 Å². The van der Waals surface area contributed by atoms with Gasteiger partial charge in [0.25, 0.3) is 0 Å². The molecule has 0 amide bonds. The number of hydrogen-bond donors (Lipinski definition) is 0. The van der Waals surface area contributed by atoms with E-state index in [1.54, 1.807) is 0 Å². The summed E-state index contributed by atoms with van der Waals surface area (Å²) >= 11 is 6.06. The van der Waals surface area contributed by atoms with E-state index >= 15 is 0 Å². The molecule has 1 aromatic heterocycles. The van der Waals surface area contributed by atoms with Gasteiger partial charge in [-0.1, -0.05) is 23.7 Å². The minimum absolute atomic E-state index is 0.641. The smallest absolute Gasteiger partial charge is 0.124 e. The molecule has 0 spiro atoms. The molecular formula is C22H26ClN3. The molecule has 0 radical (unpaired) electrons. The largest absolute Gasteiger partial charge is 0.322 e. The van der Waals surface area contributed by atoms with Gasteiger partial charge in [-0.25, -0.2) is 4.98 Å². The van der Waals surface area contributed by atoms with E-state index in [0.29, 0.717) is 6.04 Å². The maximum atomic E-state index is 6.06. The van der Waals surface area contributed by atoms with Crippen LogP contribution in [0.5, 0.6) is 0 Å². The molecule has 2 heterocycles. The van der Waals surface area contributed by atoms with Crippen molar-refractivity contribution < 1.29 is 0 Å². The summed E-state index contributed by atoms with van der Waals surface area (Å²) in [6.07, 6.45) is 2.58. The van der Waals surface area contributed by atoms with Gasteiger partial charge < -0.3 is 4.57 Å². The van der Waals surface area contributed by atoms with Gasteiger partial charge in [0.05, 0.1) is 17.6 Å². The van der Waals surface area contributed by atoms with Crippen LogP contribution < -0.4 is 0 Å². The van der Waals surface area contributed by atoms with Crippen LogP contribution in [0.3, 0.4) is 0 Å². The lowest BCUT2D eigenvalue weighted by Gasteiger charge is -2.21. The minimum Gasteiger partial charge on any atom is -0.322 e. The van der Waals surface area contributed by atoms with Crippen LogP contribution in [0.4, 0.5) is 0 Å². The first kappa shape index (κ1) is 17.6. The molecule has 4 rings (SSSR count). The van der Waals surface area contributed by atoms with Gasteiger partial charge in [0.1, 0.15) is 5.82 Å². The third-order valence-electron chi connectivity index (χ3n) is 5.73. The molecule has 1 saturated heterocycles. The Balaban J connectivity index is 1.76. The molecule has 3 aromatic rings. The molecule has 0 aliphatic carbocycles. The second kappa shape index (κ2) is 7.05. The van der Waals surface area contributed by atoms with E-state index in [0.717, 1.165) is 29.5 Å². The lowest BCUT2D eigenvalue weighted by molar-refractivity contribution is 0.251. The highest BCUT2D eigenvalue weighted by Gasteiger charge is 2.23. The molecule has 4 heteroatoms. The first-order valence-corrected chi connectivity index (χ1v) is 9.84. The number of likely N-dealkylation sites (tertiary alicyclic amines) is 1. The molecular weight excluding hydrogens is 342 g/mol. The van der Waals surface area contributed by atoms with E-state index in [-0.39, 0.29) is 0 Å². The van der Waals surface area contributed by atoms with Crippen molar-refractivity contribution in [1.29, 1.82) is 0 Å². The van der Waals surface area contributed by atoms with E-state index in [4.69, 9.17) is 16.6 Å². The predicted molar refractivity (Wildman–Crippen MR) is 109 cm³/mol. The van der Waals surface area contributed by atoms with Gasteiger partial charge in [0.2, 0.25) is 0 Å². The van der Waals surface area contributed by atoms with Crippen LogP contribution in [0.1, 0.15) is 42.3 Å². The summed E-state index contributed by atoms with van der Waals surface area (Å²) < 4.78 is 2.38. The number of aromatic nitrogens is 2. The number of hydrogen-bond acceptors (Lipinski definition) is 2. The van der Waals surface area contributed by atoms with Gasteiger partial charge in [-0.2, -0.15) is 0 Å². The number of halogens is 1. The first-order valence-electron chi connectivity index (χ1n) is 9.46. The van der Waals surface area contributed by atoms with Crippen LogP contribution in [0, 0.1) is 13.8 Å². The predicted octanol–water partition coefficient (Wildman–Crippen LogP) is 5.34. The SMILES string of the molecule is Cc1cc2nc(CN3CCC[C@@H]3C)n(Cc3ccc(Cl)cc3)c2cc1C. The molecule has 1 aliphatic heterocycles. The topological polar surface area (TPSA) is 21.1 Å². The Bertz CT molecular complexity index is 927. The second-order valence-corrected chi connectivity index (χ2v) is 8.06. The van der Waals surface area contributed by atoms with E-state index in [1.807, 2.05) is 12.1 Å². The fourth-order valence-corrected chi connectivity index (χ4v) is 4.03. The molecule has 2 aromatic carbocycles. The summed E-state index contributed by atoms with van der Waals surface area (Å²) in [5.74, 6) is 1.16. The number of rotatable bonds is 4. The number of nitrogens with zero attached hydrogens (tertiary/aromatic N) is 3. The lowest BCUT2D eigenvalue weighted by Crippen LogP contribution is -2.28. The van der Waals surface area contributed by atoms with Crippen molar-refractivity contribution in [3.05, 3.63) is 63.9 Å². The zero-order valence-electron chi connectivity index (χ0n) is 15.8. The Kier molecular flexibility index (Phi) is 4.76. The van der Waals surface area contributed by atoms with Crippen molar-refractivity contribution in [3.63, 3.8) is 0 Å². The summed E-state index contributed by atoms with van der Waals surface area (Å²) in [6, 6.07) is 13.3. The summed E-state index contributed by atoms with van der Waals surface area (Å²) in [5.41, 5.74) is 6.20. The van der Waals surface area contributed by atoms with E-state index < -0.39 is 0 Å². The van der Waals surface area contributed by atoms with Crippen molar-refractivity contribution in [1.82, 2.24) is 14.5 Å². The molecule has 136 valence electrons. The van der Waals surface area contributed by atoms with E-state index in [9.17, 15) is 0 Å². The normalized spacial score (nSPS) is 18.1. The Morgan fingerprint density at radius 1 is 1.08 bits per heavy atom. The highest BCUT2D eigenvalue weighted by atomic mass is 35.5. The lowest BCUT2D eigenvalue weighted by atomic mass is 10.1. The zero-order chi connectivity index (χ0) is 18.3. The third kappa shape index (κ3) is 3.38. The van der Waals surface area contributed by atoms with Crippen molar-refractivity contribution in [2.45, 2.75) is 52.7 Å². The average molecular weight is 368 g/mol. The van der Waals surface area contributed by atoms with Crippen LogP contribution in [0.2, 0.25) is 5.02 Å². The Morgan fingerprint density at radius 2 is 1.81 bits per heavy atom. The first-order chi connectivity index (χ1) is 12.5. The molecule has 1 aliphatic rings. The van der Waals surface area contributed by atoms with Crippen LogP contribution in [0.25, 0.3) is 11.0 Å². The van der Waals surface area contributed by atoms with Crippen molar-refractivity contribution in [2.75, 3.05) is 6.54 Å². The monoisotopic (exact) mass is 367 g/mol. The highest BCUT2D eigenvalue weighted by molar-refractivity contribution is 6.30. The van der Waals surface area contributed by atoms with Crippen molar-refractivity contribution in [2.24, 2.45) is 0 Å². The maximum absolute atomic E-state index is 6.06. The van der Waals surface area contributed by atoms with Gasteiger partial charge in [-0.15, -0.1) is 0 Å². The third-order valence-corrected chi connectivity index (χ3v) is 5.98. The van der Waals surface area contributed by atoms with Gasteiger partial charge in [-0.3, -0.25) is 4.90 Å². The fourth-order valence-electron chi connectivity index (χ4n) is 3.91. The van der Waals surface area contributed by atoms with Crippen molar-refractivity contribution >= 4 is 22.6 Å². The number of aryl methyl sites for hydroxylation is 2. The molecule has 1 fully saturated rings. The second-order valence-electron chi connectivity index (χ2n) is 7.63. The number of imidazole rings is 1. The standard InChI is InChI=1S/C22H26ClN3/c1-15-11-20-21(12-16(15)2)26(13-18-6-8-19(23)9-7-18)22(24-20)14-25-10-4-5-17(25)3/h6-9,11-12,17H,4-5,10,13-14H2,1-3H3/t17-/m0/s1. The van der Waals surface area contributed by atoms with Gasteiger partial charge in [-0.05, 0) is 81.1 Å². The van der Waals surface area contributed by atoms with Gasteiger partial charge in [0, 0.05) is 17.6 Å². The zero-order valence-corrected chi connectivity index (χ0v) is 16.6. The summed E-state index contributed by atoms with van der Waals surface area (Å²) in [7, 11) is 0. The molecule has 0 saturated carbocycles. The molecule has 1 atom stereocenters. The average Bonchev–Trinajstić information content (AvgIpc) is 3.15. The molecule has 0 N–H and O–H groups in total. The maximum Gasteiger partial charge on any atom is 0.124 e. The molecule has 3 nitrogen and oxygen atoms in total. The van der Waals surface area contributed by atoms with Crippen LogP contribution in [-0.2, 0) is 13.1 Å². The van der Waals surface area contributed by atoms with Gasteiger partial charge in [0.15, 0.2) is 0 Å². The minimum atomic E-state index is 0.641. The molecule has 0 unspecified atom stereocenters. The molecule has 0 bridgehead atoms. The summed E-state index contributed by atoms with van der Waals surface area (Å²) in [6.45, 7) is 9.58. The van der Waals surface area contributed by atoms with Crippen LogP contribution >= 0.6 is 11.6 Å². The Morgan fingerprint density at radius 3 is 2.50 bits per heavy atom. The summed E-state index contributed by atoms with van der Waals surface area (Å²) in [4.78, 5) is 7.58. The molecule has 26 heavy (non-hydrogen) atoms. The van der Waals surface area contributed by atoms with Crippen LogP contribution in [0.15, 0.2) is 36.4 Å². The Labute approximate surface area is 160 Å². The fraction of sp³-hybridized carbons (Fsp3) is 0.409. The van der Waals surface area contributed by atoms with Crippen LogP contribution in [-0.4, -0.2) is 27.0 Å². The van der Waals surface area contributed by atoms with E-state index in [2.05, 4.69) is 54.5 Å². The summed E-state index contributed by atoms with van der Waals surface area (Å²) in [5, 5.41) is 0.779. The number of fused-ring (bicyclic) bond motifs is 1. The number of benzene rings is 2. The highest BCUT2D eigenvalue weighted by Crippen LogP contribution is 2.25. The quantitative estimate of drug-likeness (QED) is 0.620. The van der Waals surface area contributed by atoms with Crippen molar-refractivity contribution in [3.8, 4) is 0 Å². The van der Waals surface area contributed by atoms with E-state index in [1.165, 1.54) is 41.6 Å².